The summed E-state index contributed by atoms with van der Waals surface area (Å²) in [5.74, 6) is 2.81. The number of hydrogen-bond acceptors (Lipinski definition) is 3. The molecule has 0 spiro atoms. The molecule has 0 bridgehead atoms. The molecular formula is C43H65O3P. The normalized spacial score (nSPS) is 11.2. The maximum absolute atomic E-state index is 6.29. The molecule has 0 unspecified atom stereocenters. The van der Waals surface area contributed by atoms with E-state index in [1.807, 2.05) is 6.07 Å². The van der Waals surface area contributed by atoms with E-state index in [4.69, 9.17) is 14.2 Å². The minimum absolute atomic E-state index is 0.777. The Balaban J connectivity index is 1.53. The summed E-state index contributed by atoms with van der Waals surface area (Å²) in [4.78, 5) is 0. The van der Waals surface area contributed by atoms with Crippen molar-refractivity contribution < 1.29 is 14.2 Å². The van der Waals surface area contributed by atoms with E-state index in [9.17, 15) is 0 Å². The van der Waals surface area contributed by atoms with E-state index in [1.54, 1.807) is 7.11 Å². The summed E-state index contributed by atoms with van der Waals surface area (Å²) in [6, 6.07) is 26.0. The van der Waals surface area contributed by atoms with Crippen LogP contribution >= 0.6 is 7.92 Å². The Kier molecular flexibility index (Phi) is 21.1. The van der Waals surface area contributed by atoms with Crippen molar-refractivity contribution in [1.29, 1.82) is 0 Å². The molecule has 3 rings (SSSR count). The molecule has 3 nitrogen and oxygen atoms in total. The van der Waals surface area contributed by atoms with Gasteiger partial charge in [0.15, 0.2) is 0 Å². The molecule has 47 heavy (non-hydrogen) atoms. The zero-order valence-electron chi connectivity index (χ0n) is 30.2. The summed E-state index contributed by atoms with van der Waals surface area (Å²) in [6.45, 7) is 6.12. The van der Waals surface area contributed by atoms with Crippen molar-refractivity contribution >= 4 is 23.8 Å². The monoisotopic (exact) mass is 660 g/mol. The van der Waals surface area contributed by atoms with Crippen molar-refractivity contribution in [3.05, 3.63) is 72.8 Å². The third kappa shape index (κ3) is 16.4. The first-order chi connectivity index (χ1) is 23.2. The lowest BCUT2D eigenvalue weighted by Gasteiger charge is -2.21. The van der Waals surface area contributed by atoms with Crippen LogP contribution in [-0.4, -0.2) is 20.3 Å². The van der Waals surface area contributed by atoms with Crippen LogP contribution in [0.3, 0.4) is 0 Å². The summed E-state index contributed by atoms with van der Waals surface area (Å²) >= 11 is 0. The SMILES string of the molecule is CCCCCCCCCCCCOc1cccc(P(c2cccc(OC)c2)c2cccc(OCCCCCCCCCCCC)c2)c1. The molecule has 0 radical (unpaired) electrons. The Hall–Kier alpha value is -2.51. The van der Waals surface area contributed by atoms with Gasteiger partial charge in [-0.2, -0.15) is 0 Å². The van der Waals surface area contributed by atoms with Crippen LogP contribution in [0.2, 0.25) is 0 Å². The van der Waals surface area contributed by atoms with Gasteiger partial charge in [0.25, 0.3) is 0 Å². The predicted octanol–water partition coefficient (Wildman–Crippen LogP) is 12.1. The molecule has 0 amide bonds. The molecule has 0 aromatic heterocycles. The largest absolute Gasteiger partial charge is 0.497 e. The fourth-order valence-electron chi connectivity index (χ4n) is 6.18. The Labute approximate surface area is 290 Å². The van der Waals surface area contributed by atoms with Crippen molar-refractivity contribution in [3.63, 3.8) is 0 Å². The zero-order valence-corrected chi connectivity index (χ0v) is 31.1. The highest BCUT2D eigenvalue weighted by Crippen LogP contribution is 2.36. The second kappa shape index (κ2) is 25.5. The third-order valence-electron chi connectivity index (χ3n) is 9.00. The fourth-order valence-corrected chi connectivity index (χ4v) is 8.55. The molecule has 0 aliphatic carbocycles. The quantitative estimate of drug-likeness (QED) is 0.0573. The van der Waals surface area contributed by atoms with E-state index in [2.05, 4.69) is 80.6 Å². The van der Waals surface area contributed by atoms with Gasteiger partial charge in [0.2, 0.25) is 0 Å². The standard InChI is InChI=1S/C43H65O3P/c1-4-6-8-10-12-14-16-18-20-22-33-45-39-28-25-31-42(36-39)47(41-30-24-27-38(35-41)44-3)43-32-26-29-40(37-43)46-34-23-21-19-17-15-13-11-9-7-5-2/h24-32,35-37H,4-23,33-34H2,1-3H3. The molecule has 3 aromatic rings. The highest BCUT2D eigenvalue weighted by molar-refractivity contribution is 7.79. The number of benzene rings is 3. The van der Waals surface area contributed by atoms with Gasteiger partial charge in [0.1, 0.15) is 17.2 Å². The van der Waals surface area contributed by atoms with Crippen molar-refractivity contribution in [2.45, 2.75) is 142 Å². The fraction of sp³-hybridized carbons (Fsp3) is 0.581. The lowest BCUT2D eigenvalue weighted by molar-refractivity contribution is 0.304. The second-order valence-corrected chi connectivity index (χ2v) is 15.3. The van der Waals surface area contributed by atoms with Crippen molar-refractivity contribution in [3.8, 4) is 17.2 Å². The van der Waals surface area contributed by atoms with Gasteiger partial charge in [-0.1, -0.05) is 166 Å². The van der Waals surface area contributed by atoms with E-state index >= 15 is 0 Å². The molecular weight excluding hydrogens is 595 g/mol. The third-order valence-corrected chi connectivity index (χ3v) is 11.4. The number of unbranched alkanes of at least 4 members (excludes halogenated alkanes) is 18. The van der Waals surface area contributed by atoms with Gasteiger partial charge in [-0.15, -0.1) is 0 Å². The molecule has 0 saturated heterocycles. The Bertz CT molecular complexity index is 1130. The van der Waals surface area contributed by atoms with Gasteiger partial charge in [-0.25, -0.2) is 0 Å². The van der Waals surface area contributed by atoms with Crippen LogP contribution in [0.5, 0.6) is 17.2 Å². The first-order valence-corrected chi connectivity index (χ1v) is 20.5. The van der Waals surface area contributed by atoms with Crippen LogP contribution < -0.4 is 30.1 Å². The maximum atomic E-state index is 6.29. The number of methoxy groups -OCH3 is 1. The van der Waals surface area contributed by atoms with Gasteiger partial charge in [0.05, 0.1) is 20.3 Å². The Morgan fingerprint density at radius 3 is 1.09 bits per heavy atom. The van der Waals surface area contributed by atoms with E-state index in [0.717, 1.165) is 43.3 Å². The van der Waals surface area contributed by atoms with E-state index in [0.29, 0.717) is 0 Å². The molecule has 0 heterocycles. The van der Waals surface area contributed by atoms with Crippen LogP contribution in [-0.2, 0) is 0 Å². The zero-order chi connectivity index (χ0) is 33.2. The molecule has 0 saturated carbocycles. The average Bonchev–Trinajstić information content (AvgIpc) is 3.10. The van der Waals surface area contributed by atoms with Crippen molar-refractivity contribution in [1.82, 2.24) is 0 Å². The molecule has 0 aliphatic heterocycles. The molecule has 3 aromatic carbocycles. The van der Waals surface area contributed by atoms with Crippen LogP contribution in [0.1, 0.15) is 142 Å². The summed E-state index contributed by atoms with van der Waals surface area (Å²) < 4.78 is 18.2. The summed E-state index contributed by atoms with van der Waals surface area (Å²) in [6.07, 6.45) is 26.7. The molecule has 260 valence electrons. The second-order valence-electron chi connectivity index (χ2n) is 13.1. The maximum Gasteiger partial charge on any atom is 0.119 e. The first-order valence-electron chi connectivity index (χ1n) is 19.1. The summed E-state index contributed by atoms with van der Waals surface area (Å²) in [7, 11) is 0.932. The highest BCUT2D eigenvalue weighted by atomic mass is 31.1. The van der Waals surface area contributed by atoms with Crippen LogP contribution in [0.4, 0.5) is 0 Å². The molecule has 0 aliphatic rings. The average molecular weight is 661 g/mol. The van der Waals surface area contributed by atoms with Gasteiger partial charge in [0, 0.05) is 0 Å². The lowest BCUT2D eigenvalue weighted by atomic mass is 10.1. The highest BCUT2D eigenvalue weighted by Gasteiger charge is 2.19. The first kappa shape index (κ1) is 38.9. The topological polar surface area (TPSA) is 27.7 Å². The Morgan fingerprint density at radius 2 is 0.723 bits per heavy atom. The lowest BCUT2D eigenvalue weighted by Crippen LogP contribution is -2.21. The van der Waals surface area contributed by atoms with Crippen LogP contribution in [0.15, 0.2) is 72.8 Å². The van der Waals surface area contributed by atoms with E-state index in [-0.39, 0.29) is 0 Å². The predicted molar refractivity (Wildman–Crippen MR) is 206 cm³/mol. The number of rotatable bonds is 28. The van der Waals surface area contributed by atoms with Gasteiger partial charge >= 0.3 is 0 Å². The minimum Gasteiger partial charge on any atom is -0.497 e. The molecule has 0 atom stereocenters. The van der Waals surface area contributed by atoms with Crippen molar-refractivity contribution in [2.75, 3.05) is 20.3 Å². The number of ether oxygens (including phenoxy) is 3. The Morgan fingerprint density at radius 1 is 0.404 bits per heavy atom. The molecule has 4 heteroatoms. The smallest absolute Gasteiger partial charge is 0.119 e. The van der Waals surface area contributed by atoms with Crippen LogP contribution in [0.25, 0.3) is 0 Å². The summed E-state index contributed by atoms with van der Waals surface area (Å²) in [5, 5.41) is 3.82. The molecule has 0 N–H and O–H groups in total. The van der Waals surface area contributed by atoms with Crippen molar-refractivity contribution in [2.24, 2.45) is 0 Å². The summed E-state index contributed by atoms with van der Waals surface area (Å²) in [5.41, 5.74) is 0. The minimum atomic E-state index is -0.810. The van der Waals surface area contributed by atoms with Gasteiger partial charge in [-0.3, -0.25) is 0 Å². The van der Waals surface area contributed by atoms with E-state index in [1.165, 1.54) is 131 Å². The van der Waals surface area contributed by atoms with Gasteiger partial charge < -0.3 is 14.2 Å². The number of hydrogen-bond donors (Lipinski definition) is 0. The van der Waals surface area contributed by atoms with E-state index < -0.39 is 7.92 Å². The molecule has 0 fully saturated rings. The van der Waals surface area contributed by atoms with Gasteiger partial charge in [-0.05, 0) is 73.1 Å². The van der Waals surface area contributed by atoms with Crippen LogP contribution in [0, 0.1) is 0 Å².